The molecule has 0 saturated carbocycles. The molecule has 5 nitrogen and oxygen atoms in total. The summed E-state index contributed by atoms with van der Waals surface area (Å²) >= 11 is 0. The smallest absolute Gasteiger partial charge is 0.274 e. The second kappa shape index (κ2) is 7.29. The van der Waals surface area contributed by atoms with E-state index in [0.29, 0.717) is 18.8 Å². The first-order valence-electron chi connectivity index (χ1n) is 10.7. The SMILES string of the molecule is O=C(c1cnc2ccccc2n1)N1CCN(C2c3ccccc3-c3ccccc32)CC1. The Bertz CT molecular complexity index is 1250. The number of rotatable bonds is 2. The molecule has 31 heavy (non-hydrogen) atoms. The second-order valence-corrected chi connectivity index (χ2v) is 8.15. The van der Waals surface area contributed by atoms with Gasteiger partial charge < -0.3 is 4.90 Å². The van der Waals surface area contributed by atoms with Gasteiger partial charge >= 0.3 is 0 Å². The van der Waals surface area contributed by atoms with E-state index < -0.39 is 0 Å². The third-order valence-corrected chi connectivity index (χ3v) is 6.44. The first-order chi connectivity index (χ1) is 15.3. The normalized spacial score (nSPS) is 16.3. The molecule has 1 fully saturated rings. The third-order valence-electron chi connectivity index (χ3n) is 6.44. The molecule has 3 aromatic carbocycles. The number of benzene rings is 3. The molecule has 1 saturated heterocycles. The molecule has 4 aromatic rings. The molecule has 0 N–H and O–H groups in total. The van der Waals surface area contributed by atoms with Gasteiger partial charge in [-0.05, 0) is 34.4 Å². The van der Waals surface area contributed by atoms with Crippen molar-refractivity contribution in [3.63, 3.8) is 0 Å². The monoisotopic (exact) mass is 406 g/mol. The molecule has 1 aliphatic heterocycles. The first-order valence-corrected chi connectivity index (χ1v) is 10.7. The summed E-state index contributed by atoms with van der Waals surface area (Å²) in [6.45, 7) is 3.04. The van der Waals surface area contributed by atoms with E-state index in [-0.39, 0.29) is 11.9 Å². The lowest BCUT2D eigenvalue weighted by atomic mass is 10.0. The Hall–Kier alpha value is -3.57. The maximum atomic E-state index is 13.1. The highest BCUT2D eigenvalue weighted by Gasteiger charge is 2.35. The molecule has 0 radical (unpaired) electrons. The molecular formula is C26H22N4O. The van der Waals surface area contributed by atoms with E-state index in [2.05, 4.69) is 63.4 Å². The van der Waals surface area contributed by atoms with E-state index in [1.54, 1.807) is 6.20 Å². The van der Waals surface area contributed by atoms with Crippen LogP contribution in [-0.4, -0.2) is 51.9 Å². The largest absolute Gasteiger partial charge is 0.335 e. The van der Waals surface area contributed by atoms with E-state index in [4.69, 9.17) is 0 Å². The van der Waals surface area contributed by atoms with Crippen LogP contribution < -0.4 is 0 Å². The Morgan fingerprint density at radius 2 is 1.32 bits per heavy atom. The number of fused-ring (bicyclic) bond motifs is 4. The van der Waals surface area contributed by atoms with Crippen molar-refractivity contribution < 1.29 is 4.79 Å². The first kappa shape index (κ1) is 18.2. The van der Waals surface area contributed by atoms with Gasteiger partial charge in [0.05, 0.1) is 23.3 Å². The van der Waals surface area contributed by atoms with Crippen LogP contribution in [0.4, 0.5) is 0 Å². The van der Waals surface area contributed by atoms with Crippen molar-refractivity contribution >= 4 is 16.9 Å². The number of hydrogen-bond donors (Lipinski definition) is 0. The molecular weight excluding hydrogens is 384 g/mol. The van der Waals surface area contributed by atoms with Crippen molar-refractivity contribution in [1.82, 2.24) is 19.8 Å². The Morgan fingerprint density at radius 1 is 0.742 bits per heavy atom. The molecule has 0 bridgehead atoms. The van der Waals surface area contributed by atoms with Crippen LogP contribution in [0.1, 0.15) is 27.7 Å². The van der Waals surface area contributed by atoms with Crippen LogP contribution in [0.15, 0.2) is 79.0 Å². The molecule has 1 amide bonds. The van der Waals surface area contributed by atoms with Crippen molar-refractivity contribution in [2.45, 2.75) is 6.04 Å². The predicted molar refractivity (Wildman–Crippen MR) is 121 cm³/mol. The molecule has 5 heteroatoms. The van der Waals surface area contributed by atoms with Gasteiger partial charge in [0.2, 0.25) is 0 Å². The van der Waals surface area contributed by atoms with Crippen LogP contribution in [0.5, 0.6) is 0 Å². The van der Waals surface area contributed by atoms with Gasteiger partial charge in [-0.2, -0.15) is 0 Å². The fourth-order valence-electron chi connectivity index (χ4n) is 4.93. The van der Waals surface area contributed by atoms with Crippen LogP contribution in [-0.2, 0) is 0 Å². The lowest BCUT2D eigenvalue weighted by molar-refractivity contribution is 0.0594. The lowest BCUT2D eigenvalue weighted by Crippen LogP contribution is -2.49. The van der Waals surface area contributed by atoms with Crippen LogP contribution in [0, 0.1) is 0 Å². The molecule has 0 spiro atoms. The van der Waals surface area contributed by atoms with Gasteiger partial charge in [0.25, 0.3) is 5.91 Å². The highest BCUT2D eigenvalue weighted by atomic mass is 16.2. The van der Waals surface area contributed by atoms with Gasteiger partial charge in [-0.25, -0.2) is 4.98 Å². The van der Waals surface area contributed by atoms with Crippen molar-refractivity contribution in [2.75, 3.05) is 26.2 Å². The minimum atomic E-state index is -0.0369. The fourth-order valence-corrected chi connectivity index (χ4v) is 4.93. The summed E-state index contributed by atoms with van der Waals surface area (Å²) in [7, 11) is 0. The van der Waals surface area contributed by atoms with Crippen molar-refractivity contribution in [3.05, 3.63) is 95.8 Å². The Kier molecular flexibility index (Phi) is 4.28. The molecule has 2 aliphatic rings. The standard InChI is InChI=1S/C26H22N4O/c31-26(24-17-27-22-11-5-6-12-23(22)28-24)30-15-13-29(14-16-30)25-20-9-3-1-7-18(20)19-8-2-4-10-21(19)25/h1-12,17,25H,13-16H2. The number of para-hydroxylation sites is 2. The lowest BCUT2D eigenvalue weighted by Gasteiger charge is -2.38. The molecule has 0 unspecified atom stereocenters. The van der Waals surface area contributed by atoms with Crippen molar-refractivity contribution in [1.29, 1.82) is 0 Å². The third kappa shape index (κ3) is 3.01. The van der Waals surface area contributed by atoms with E-state index in [0.717, 1.165) is 24.1 Å². The average molecular weight is 406 g/mol. The number of aromatic nitrogens is 2. The minimum Gasteiger partial charge on any atom is -0.335 e. The van der Waals surface area contributed by atoms with Gasteiger partial charge in [-0.15, -0.1) is 0 Å². The maximum absolute atomic E-state index is 13.1. The van der Waals surface area contributed by atoms with Crippen molar-refractivity contribution in [2.24, 2.45) is 0 Å². The van der Waals surface area contributed by atoms with Gasteiger partial charge in [-0.1, -0.05) is 60.7 Å². The van der Waals surface area contributed by atoms with E-state index in [1.807, 2.05) is 29.2 Å². The minimum absolute atomic E-state index is 0.0369. The van der Waals surface area contributed by atoms with Crippen LogP contribution in [0.3, 0.4) is 0 Å². The summed E-state index contributed by atoms with van der Waals surface area (Å²) in [6.07, 6.45) is 1.60. The average Bonchev–Trinajstić information content (AvgIpc) is 3.18. The molecule has 152 valence electrons. The molecule has 2 heterocycles. The maximum Gasteiger partial charge on any atom is 0.274 e. The number of carbonyl (C=O) groups excluding carboxylic acids is 1. The Labute approximate surface area is 181 Å². The summed E-state index contributed by atoms with van der Waals surface area (Å²) < 4.78 is 0. The summed E-state index contributed by atoms with van der Waals surface area (Å²) in [5.74, 6) is -0.0369. The van der Waals surface area contributed by atoms with Gasteiger partial charge in [0, 0.05) is 26.2 Å². The number of hydrogen-bond acceptors (Lipinski definition) is 4. The summed E-state index contributed by atoms with van der Waals surface area (Å²) in [4.78, 5) is 26.4. The number of nitrogens with zero attached hydrogens (tertiary/aromatic N) is 4. The number of carbonyl (C=O) groups is 1. The second-order valence-electron chi connectivity index (χ2n) is 8.15. The van der Waals surface area contributed by atoms with Gasteiger partial charge in [-0.3, -0.25) is 14.7 Å². The quantitative estimate of drug-likeness (QED) is 0.502. The summed E-state index contributed by atoms with van der Waals surface area (Å²) in [5, 5.41) is 0. The Balaban J connectivity index is 1.23. The molecule has 0 atom stereocenters. The molecule has 6 rings (SSSR count). The Morgan fingerprint density at radius 3 is 2.00 bits per heavy atom. The summed E-state index contributed by atoms with van der Waals surface area (Å²) in [5.41, 5.74) is 7.37. The van der Waals surface area contributed by atoms with Gasteiger partial charge in [0.1, 0.15) is 5.69 Å². The topological polar surface area (TPSA) is 49.3 Å². The predicted octanol–water partition coefficient (Wildman–Crippen LogP) is 4.16. The van der Waals surface area contributed by atoms with Crippen molar-refractivity contribution in [3.8, 4) is 11.1 Å². The van der Waals surface area contributed by atoms with Crippen LogP contribution in [0.2, 0.25) is 0 Å². The number of piperazine rings is 1. The highest BCUT2D eigenvalue weighted by molar-refractivity contribution is 5.93. The summed E-state index contributed by atoms with van der Waals surface area (Å²) in [6, 6.07) is 25.3. The van der Waals surface area contributed by atoms with E-state index >= 15 is 0 Å². The zero-order chi connectivity index (χ0) is 20.8. The zero-order valence-electron chi connectivity index (χ0n) is 17.1. The molecule has 1 aliphatic carbocycles. The van der Waals surface area contributed by atoms with E-state index in [1.165, 1.54) is 22.3 Å². The van der Waals surface area contributed by atoms with Crippen LogP contribution in [0.25, 0.3) is 22.2 Å². The fraction of sp³-hybridized carbons (Fsp3) is 0.192. The van der Waals surface area contributed by atoms with Crippen LogP contribution >= 0.6 is 0 Å². The highest BCUT2D eigenvalue weighted by Crippen LogP contribution is 2.46. The number of amides is 1. The van der Waals surface area contributed by atoms with E-state index in [9.17, 15) is 4.79 Å². The molecule has 1 aromatic heterocycles. The van der Waals surface area contributed by atoms with Gasteiger partial charge in [0.15, 0.2) is 0 Å². The zero-order valence-corrected chi connectivity index (χ0v) is 17.1.